The van der Waals surface area contributed by atoms with E-state index in [1.807, 2.05) is 75.4 Å². The predicted molar refractivity (Wildman–Crippen MR) is 300 cm³/mol. The van der Waals surface area contributed by atoms with Crippen molar-refractivity contribution in [3.05, 3.63) is 130 Å². The zero-order valence-electron chi connectivity index (χ0n) is 45.8. The van der Waals surface area contributed by atoms with Crippen LogP contribution in [0, 0.1) is 27.9 Å². The van der Waals surface area contributed by atoms with Gasteiger partial charge in [-0.3, -0.25) is 15.0 Å². The third-order valence-corrected chi connectivity index (χ3v) is 15.2. The van der Waals surface area contributed by atoms with Crippen LogP contribution in [-0.2, 0) is 16.1 Å². The summed E-state index contributed by atoms with van der Waals surface area (Å²) in [4.78, 5) is 48.1. The van der Waals surface area contributed by atoms with E-state index in [1.165, 1.54) is 69.2 Å². The molecular weight excluding hydrogens is 977 g/mol. The fraction of sp³-hybridized carbons (Fsp3) is 0.532. The van der Waals surface area contributed by atoms with Crippen molar-refractivity contribution in [3.63, 3.8) is 0 Å². The minimum Gasteiger partial charge on any atom is -0.459 e. The number of fused-ring (bicyclic) bond motifs is 3. The summed E-state index contributed by atoms with van der Waals surface area (Å²) in [5.74, 6) is -1.89. The highest BCUT2D eigenvalue weighted by atomic mass is 16.7. The molecule has 0 aromatic heterocycles. The van der Waals surface area contributed by atoms with Gasteiger partial charge in [-0.15, -0.1) is 6.58 Å². The number of oxime groups is 1. The van der Waals surface area contributed by atoms with E-state index in [4.69, 9.17) is 28.9 Å². The number of hydrogen-bond donors (Lipinski definition) is 3. The quantitative estimate of drug-likeness (QED) is 0.0203. The lowest BCUT2D eigenvalue weighted by molar-refractivity contribution is -0.384. The molecule has 6 atom stereocenters. The van der Waals surface area contributed by atoms with Gasteiger partial charge in [-0.1, -0.05) is 137 Å². The maximum Gasteiger partial charge on any atom is 0.416 e. The number of unbranched alkanes of at least 4 members (excludes halogenated alkanes) is 11. The van der Waals surface area contributed by atoms with Crippen LogP contribution in [0.4, 0.5) is 15.3 Å². The van der Waals surface area contributed by atoms with Crippen molar-refractivity contribution in [2.45, 2.75) is 167 Å². The largest absolute Gasteiger partial charge is 0.459 e. The van der Waals surface area contributed by atoms with E-state index in [2.05, 4.69) is 24.9 Å². The molecule has 3 N–H and O–H groups in total. The number of nitro groups is 1. The third-order valence-electron chi connectivity index (χ3n) is 15.2. The number of carbonyl (C=O) groups is 2. The monoisotopic (exact) mass is 1060 g/mol. The Morgan fingerprint density at radius 3 is 2.22 bits per heavy atom. The minimum atomic E-state index is -1.64. The second-order valence-corrected chi connectivity index (χ2v) is 21.9. The molecule has 1 fully saturated rings. The van der Waals surface area contributed by atoms with Crippen LogP contribution in [0.15, 0.2) is 114 Å². The highest BCUT2D eigenvalue weighted by molar-refractivity contribution is 6.03. The average Bonchev–Trinajstić information content (AvgIpc) is 3.59. The Balaban J connectivity index is 1.34. The van der Waals surface area contributed by atoms with Crippen molar-refractivity contribution in [3.8, 4) is 17.2 Å². The number of nitrogens with zero attached hydrogens (tertiary/aromatic N) is 3. The molecule has 15 heteroatoms. The van der Waals surface area contributed by atoms with Gasteiger partial charge >= 0.3 is 12.2 Å². The third kappa shape index (κ3) is 15.3. The van der Waals surface area contributed by atoms with Gasteiger partial charge in [0.15, 0.2) is 0 Å². The fourth-order valence-corrected chi connectivity index (χ4v) is 11.6. The first kappa shape index (κ1) is 58.4. The number of ether oxygens (including phenoxy) is 4. The van der Waals surface area contributed by atoms with Gasteiger partial charge < -0.3 is 39.3 Å². The van der Waals surface area contributed by atoms with Crippen molar-refractivity contribution in [1.29, 1.82) is 0 Å². The molecule has 2 aliphatic carbocycles. The maximum absolute atomic E-state index is 15.4. The summed E-state index contributed by atoms with van der Waals surface area (Å²) >= 11 is 0. The number of aliphatic hydroxyl groups excluding tert-OH is 2. The molecule has 4 aromatic rings. The number of aliphatic hydroxyl groups is 2. The highest BCUT2D eigenvalue weighted by Gasteiger charge is 2.66. The fourth-order valence-electron chi connectivity index (χ4n) is 11.6. The Labute approximate surface area is 455 Å². The normalized spacial score (nSPS) is 21.0. The van der Waals surface area contributed by atoms with Crippen molar-refractivity contribution in [1.82, 2.24) is 10.2 Å². The van der Waals surface area contributed by atoms with Gasteiger partial charge in [-0.25, -0.2) is 9.59 Å². The lowest BCUT2D eigenvalue weighted by atomic mass is 9.55. The van der Waals surface area contributed by atoms with Gasteiger partial charge in [0.25, 0.3) is 5.69 Å². The number of hydrogen-bond acceptors (Lipinski definition) is 12. The summed E-state index contributed by atoms with van der Waals surface area (Å²) in [6.45, 7) is 12.7. The molecule has 0 radical (unpaired) electrons. The van der Waals surface area contributed by atoms with E-state index in [1.54, 1.807) is 17.0 Å². The molecule has 0 spiro atoms. The Hall–Kier alpha value is -6.29. The molecule has 1 aliphatic heterocycles. The van der Waals surface area contributed by atoms with E-state index >= 15 is 4.79 Å². The zero-order valence-corrected chi connectivity index (χ0v) is 45.8. The SMILES string of the molecule is C=CCO[C@@]12Oc3ccc(OC(=O)NCCCCCCCCCCCC)cc3[C@H]3[C@H](CCCCO)[C@@H](CCCCO)C=C(C(=NOC(C)(C)C)C[C@@H]1N(Cc1cccc4ccccc14)C(=O)Oc1ccc([N+](=O)[O-])cc1)[C@H]32. The van der Waals surface area contributed by atoms with Crippen LogP contribution in [0.2, 0.25) is 0 Å². The average molecular weight is 1060 g/mol. The van der Waals surface area contributed by atoms with E-state index in [0.717, 1.165) is 59.6 Å². The first-order valence-electron chi connectivity index (χ1n) is 28.2. The van der Waals surface area contributed by atoms with Crippen LogP contribution in [0.3, 0.4) is 0 Å². The first-order chi connectivity index (χ1) is 37.3. The lowest BCUT2D eigenvalue weighted by Gasteiger charge is -2.60. The first-order valence-corrected chi connectivity index (χ1v) is 28.2. The summed E-state index contributed by atoms with van der Waals surface area (Å²) in [6.07, 6.45) is 18.7. The van der Waals surface area contributed by atoms with Gasteiger partial charge in [-0.2, -0.15) is 0 Å². The Kier molecular flexibility index (Phi) is 21.5. The standard InChI is InChI=1S/C62H82N4O11/c1-6-8-9-10-11-12-13-14-15-20-36-63-59(69)74-49-34-35-55-53(41-49)57-51(29-19-22-38-68)45(25-18-21-37-67)40-52-54(64-77-61(3,4)5)42-56(62(76-55,58(52)57)73-39-7-2)65(43-46-27-23-26-44-24-16-17-28-50(44)46)60(70)75-48-32-30-47(31-33-48)66(71)72/h7,16-17,23-24,26-28,30-35,40-41,45,51,56-58,67-68H,2,6,8-15,18-22,25,29,36-39,42-43H2,1,3-5H3,(H,63,69)/t45-,51+,56-,57+,58+,62+/m0/s1. The number of nitrogens with one attached hydrogen (secondary N) is 1. The van der Waals surface area contributed by atoms with Crippen molar-refractivity contribution in [2.75, 3.05) is 26.4 Å². The highest BCUT2D eigenvalue weighted by Crippen LogP contribution is 2.62. The Morgan fingerprint density at radius 2 is 1.53 bits per heavy atom. The lowest BCUT2D eigenvalue weighted by Crippen LogP contribution is -2.70. The van der Waals surface area contributed by atoms with Crippen LogP contribution in [0.1, 0.15) is 154 Å². The molecular formula is C62H82N4O11. The van der Waals surface area contributed by atoms with E-state index < -0.39 is 46.4 Å². The Morgan fingerprint density at radius 1 is 0.857 bits per heavy atom. The summed E-state index contributed by atoms with van der Waals surface area (Å²) in [5.41, 5.74) is 2.20. The maximum atomic E-state index is 15.4. The van der Waals surface area contributed by atoms with E-state index in [0.29, 0.717) is 49.4 Å². The van der Waals surface area contributed by atoms with Crippen LogP contribution in [-0.4, -0.2) is 81.7 Å². The number of rotatable bonds is 29. The molecule has 2 amide bonds. The predicted octanol–water partition coefficient (Wildman–Crippen LogP) is 13.9. The molecule has 0 bridgehead atoms. The molecule has 7 rings (SSSR count). The summed E-state index contributed by atoms with van der Waals surface area (Å²) < 4.78 is 27.0. The molecule has 416 valence electrons. The smallest absolute Gasteiger partial charge is 0.416 e. The van der Waals surface area contributed by atoms with E-state index in [-0.39, 0.29) is 56.1 Å². The van der Waals surface area contributed by atoms with Gasteiger partial charge in [0.1, 0.15) is 28.9 Å². The summed E-state index contributed by atoms with van der Waals surface area (Å²) in [7, 11) is 0. The number of amides is 2. The zero-order chi connectivity index (χ0) is 54.8. The molecule has 3 aliphatic rings. The number of nitro benzene ring substituents is 1. The van der Waals surface area contributed by atoms with Crippen LogP contribution in [0.5, 0.6) is 17.2 Å². The van der Waals surface area contributed by atoms with Crippen molar-refractivity contribution in [2.24, 2.45) is 22.9 Å². The van der Waals surface area contributed by atoms with Crippen LogP contribution >= 0.6 is 0 Å². The molecule has 1 heterocycles. The van der Waals surface area contributed by atoms with Crippen LogP contribution < -0.4 is 19.5 Å². The van der Waals surface area contributed by atoms with Crippen molar-refractivity contribution >= 4 is 34.4 Å². The topological polar surface area (TPSA) is 192 Å². The second kappa shape index (κ2) is 28.4. The Bertz CT molecular complexity index is 2640. The molecule has 15 nitrogen and oxygen atoms in total. The van der Waals surface area contributed by atoms with Gasteiger partial charge in [0.05, 0.1) is 29.7 Å². The molecule has 4 aromatic carbocycles. The summed E-state index contributed by atoms with van der Waals surface area (Å²) in [5, 5.41) is 41.7. The number of non-ortho nitro benzene ring substituents is 1. The van der Waals surface area contributed by atoms with Crippen molar-refractivity contribution < 1.29 is 48.5 Å². The van der Waals surface area contributed by atoms with Crippen LogP contribution in [0.25, 0.3) is 10.8 Å². The van der Waals surface area contributed by atoms with Gasteiger partial charge in [-0.05, 0) is 117 Å². The molecule has 0 saturated heterocycles. The molecule has 77 heavy (non-hydrogen) atoms. The summed E-state index contributed by atoms with van der Waals surface area (Å²) in [6, 6.07) is 23.7. The second-order valence-electron chi connectivity index (χ2n) is 21.9. The minimum absolute atomic E-state index is 0.0262. The number of benzene rings is 4. The van der Waals surface area contributed by atoms with Gasteiger partial charge in [0, 0.05) is 49.8 Å². The molecule has 1 saturated carbocycles. The number of allylic oxidation sites excluding steroid dienone is 1. The number of carbonyl (C=O) groups excluding carboxylic acids is 2. The van der Waals surface area contributed by atoms with Gasteiger partial charge in [0.2, 0.25) is 5.79 Å². The van der Waals surface area contributed by atoms with E-state index in [9.17, 15) is 25.1 Å². The molecule has 0 unspecified atom stereocenters.